The topological polar surface area (TPSA) is 108 Å². The molecule has 0 aliphatic rings. The van der Waals surface area contributed by atoms with Gasteiger partial charge in [-0.25, -0.2) is 4.98 Å². The van der Waals surface area contributed by atoms with E-state index in [0.717, 1.165) is 5.56 Å². The quantitative estimate of drug-likeness (QED) is 0.467. The van der Waals surface area contributed by atoms with Gasteiger partial charge in [0.05, 0.1) is 26.4 Å². The van der Waals surface area contributed by atoms with Crippen LogP contribution in [0.1, 0.15) is 29.8 Å². The molecule has 0 saturated carbocycles. The largest absolute Gasteiger partial charge is 0.490 e. The smallest absolute Gasteiger partial charge is 0.251 e. The highest BCUT2D eigenvalue weighted by Gasteiger charge is 2.12. The number of carbonyl (C=O) groups excluding carboxylic acids is 2. The monoisotopic (exact) mass is 431 g/mol. The summed E-state index contributed by atoms with van der Waals surface area (Å²) in [5.74, 6) is 0.857. The van der Waals surface area contributed by atoms with E-state index in [9.17, 15) is 9.59 Å². The van der Waals surface area contributed by atoms with Crippen LogP contribution in [0.3, 0.4) is 0 Å². The molecule has 1 aromatic carbocycles. The molecule has 0 aliphatic heterocycles. The molecule has 0 unspecified atom stereocenters. The Labute approximate surface area is 182 Å². The van der Waals surface area contributed by atoms with Gasteiger partial charge >= 0.3 is 0 Å². The van der Waals surface area contributed by atoms with Gasteiger partial charge in [-0.1, -0.05) is 6.07 Å². The second kappa shape index (κ2) is 13.1. The molecule has 0 atom stereocenters. The molecule has 0 fully saturated rings. The van der Waals surface area contributed by atoms with Crippen molar-refractivity contribution in [2.45, 2.75) is 20.4 Å². The van der Waals surface area contributed by atoms with Crippen LogP contribution in [0.25, 0.3) is 0 Å². The summed E-state index contributed by atoms with van der Waals surface area (Å²) in [6.45, 7) is 5.70. The minimum atomic E-state index is -0.377. The summed E-state index contributed by atoms with van der Waals surface area (Å²) in [6.07, 6.45) is 1.62. The summed E-state index contributed by atoms with van der Waals surface area (Å²) in [5, 5.41) is 5.33. The third kappa shape index (κ3) is 8.13. The maximum Gasteiger partial charge on any atom is 0.251 e. The molecule has 9 nitrogen and oxygen atoms in total. The molecule has 9 heteroatoms. The van der Waals surface area contributed by atoms with Gasteiger partial charge in [-0.2, -0.15) is 0 Å². The van der Waals surface area contributed by atoms with Gasteiger partial charge in [0.25, 0.3) is 5.91 Å². The van der Waals surface area contributed by atoms with Gasteiger partial charge in [0, 0.05) is 31.5 Å². The fourth-order valence-electron chi connectivity index (χ4n) is 2.55. The molecule has 1 aromatic heterocycles. The Kier molecular flexibility index (Phi) is 10.1. The number of nitrogens with one attached hydrogen (secondary N) is 2. The lowest BCUT2D eigenvalue weighted by molar-refractivity contribution is -0.120. The predicted molar refractivity (Wildman–Crippen MR) is 115 cm³/mol. The Morgan fingerprint density at radius 2 is 1.71 bits per heavy atom. The number of amides is 2. The average Bonchev–Trinajstić information content (AvgIpc) is 2.78. The minimum Gasteiger partial charge on any atom is -0.490 e. The van der Waals surface area contributed by atoms with Crippen molar-refractivity contribution in [2.75, 3.05) is 40.1 Å². The molecule has 31 heavy (non-hydrogen) atoms. The SMILES string of the molecule is CCOc1ccc(C(=O)NCC(=O)NCc2ccc(OCCOC)nc2)cc1OCC. The van der Waals surface area contributed by atoms with Crippen molar-refractivity contribution in [3.8, 4) is 17.4 Å². The van der Waals surface area contributed by atoms with Crippen LogP contribution < -0.4 is 24.8 Å². The number of benzene rings is 1. The lowest BCUT2D eigenvalue weighted by atomic mass is 10.2. The molecule has 2 amide bonds. The summed E-state index contributed by atoms with van der Waals surface area (Å²) in [5.41, 5.74) is 1.19. The van der Waals surface area contributed by atoms with Crippen LogP contribution in [0.15, 0.2) is 36.5 Å². The number of hydrogen-bond acceptors (Lipinski definition) is 7. The normalized spacial score (nSPS) is 10.3. The van der Waals surface area contributed by atoms with Gasteiger partial charge < -0.3 is 29.6 Å². The van der Waals surface area contributed by atoms with E-state index in [-0.39, 0.29) is 24.9 Å². The molecule has 0 saturated heterocycles. The standard InChI is InChI=1S/C22H29N3O6/c1-4-29-18-8-7-17(12-19(18)30-5-2)22(27)25-15-20(26)23-13-16-6-9-21(24-14-16)31-11-10-28-3/h6-9,12,14H,4-5,10-11,13,15H2,1-3H3,(H,23,26)(H,25,27). The fourth-order valence-corrected chi connectivity index (χ4v) is 2.55. The zero-order chi connectivity index (χ0) is 22.5. The fraction of sp³-hybridized carbons (Fsp3) is 0.409. The molecule has 2 aromatic rings. The molecule has 2 N–H and O–H groups in total. The number of hydrogen-bond donors (Lipinski definition) is 2. The summed E-state index contributed by atoms with van der Waals surface area (Å²) >= 11 is 0. The van der Waals surface area contributed by atoms with Crippen LogP contribution in [0, 0.1) is 0 Å². The molecular weight excluding hydrogens is 402 g/mol. The van der Waals surface area contributed by atoms with E-state index in [1.807, 2.05) is 19.9 Å². The number of nitrogens with zero attached hydrogens (tertiary/aromatic N) is 1. The Balaban J connectivity index is 1.80. The zero-order valence-electron chi connectivity index (χ0n) is 18.1. The number of aromatic nitrogens is 1. The lowest BCUT2D eigenvalue weighted by Crippen LogP contribution is -2.36. The van der Waals surface area contributed by atoms with Crippen molar-refractivity contribution in [3.63, 3.8) is 0 Å². The molecule has 1 heterocycles. The Morgan fingerprint density at radius 3 is 2.39 bits per heavy atom. The van der Waals surface area contributed by atoms with Crippen molar-refractivity contribution < 1.29 is 28.5 Å². The van der Waals surface area contributed by atoms with E-state index >= 15 is 0 Å². The van der Waals surface area contributed by atoms with Crippen molar-refractivity contribution >= 4 is 11.8 Å². The van der Waals surface area contributed by atoms with Gasteiger partial charge in [-0.05, 0) is 37.6 Å². The Morgan fingerprint density at radius 1 is 0.935 bits per heavy atom. The highest BCUT2D eigenvalue weighted by atomic mass is 16.5. The summed E-state index contributed by atoms with van der Waals surface area (Å²) in [7, 11) is 1.60. The van der Waals surface area contributed by atoms with Crippen LogP contribution in [-0.2, 0) is 16.1 Å². The van der Waals surface area contributed by atoms with E-state index in [1.165, 1.54) is 0 Å². The van der Waals surface area contributed by atoms with E-state index < -0.39 is 0 Å². The first-order valence-corrected chi connectivity index (χ1v) is 10.1. The average molecular weight is 431 g/mol. The van der Waals surface area contributed by atoms with Gasteiger partial charge in [-0.15, -0.1) is 0 Å². The van der Waals surface area contributed by atoms with Crippen molar-refractivity contribution in [1.82, 2.24) is 15.6 Å². The Bertz CT molecular complexity index is 842. The van der Waals surface area contributed by atoms with Crippen LogP contribution in [-0.4, -0.2) is 56.9 Å². The van der Waals surface area contributed by atoms with Crippen molar-refractivity contribution in [3.05, 3.63) is 47.7 Å². The molecule has 0 aliphatic carbocycles. The van der Waals surface area contributed by atoms with Crippen molar-refractivity contribution in [2.24, 2.45) is 0 Å². The number of carbonyl (C=O) groups is 2. The summed E-state index contributed by atoms with van der Waals surface area (Å²) < 4.78 is 21.3. The number of methoxy groups -OCH3 is 1. The first-order chi connectivity index (χ1) is 15.1. The first-order valence-electron chi connectivity index (χ1n) is 10.1. The van der Waals surface area contributed by atoms with Crippen LogP contribution in [0.4, 0.5) is 0 Å². The number of rotatable bonds is 13. The van der Waals surface area contributed by atoms with Crippen LogP contribution in [0.5, 0.6) is 17.4 Å². The lowest BCUT2D eigenvalue weighted by Gasteiger charge is -2.12. The predicted octanol–water partition coefficient (Wildman–Crippen LogP) is 1.95. The molecule has 0 radical (unpaired) electrons. The minimum absolute atomic E-state index is 0.151. The third-order valence-electron chi connectivity index (χ3n) is 4.04. The van der Waals surface area contributed by atoms with Gasteiger partial charge in [0.1, 0.15) is 6.61 Å². The second-order valence-corrected chi connectivity index (χ2v) is 6.33. The maximum atomic E-state index is 12.4. The molecule has 168 valence electrons. The molecule has 0 spiro atoms. The number of pyridine rings is 1. The van der Waals surface area contributed by atoms with Gasteiger partial charge in [0.15, 0.2) is 11.5 Å². The molecule has 0 bridgehead atoms. The number of ether oxygens (including phenoxy) is 4. The van der Waals surface area contributed by atoms with E-state index in [1.54, 1.807) is 37.6 Å². The molecular formula is C22H29N3O6. The highest BCUT2D eigenvalue weighted by molar-refractivity contribution is 5.97. The van der Waals surface area contributed by atoms with Gasteiger partial charge in [-0.3, -0.25) is 9.59 Å². The van der Waals surface area contributed by atoms with Crippen LogP contribution in [0.2, 0.25) is 0 Å². The Hall–Kier alpha value is -3.33. The first kappa shape index (κ1) is 23.9. The van der Waals surface area contributed by atoms with E-state index in [2.05, 4.69) is 15.6 Å². The second-order valence-electron chi connectivity index (χ2n) is 6.33. The van der Waals surface area contributed by atoms with E-state index in [0.29, 0.717) is 49.4 Å². The van der Waals surface area contributed by atoms with Crippen LogP contribution >= 0.6 is 0 Å². The third-order valence-corrected chi connectivity index (χ3v) is 4.04. The highest BCUT2D eigenvalue weighted by Crippen LogP contribution is 2.28. The summed E-state index contributed by atoms with van der Waals surface area (Å²) in [4.78, 5) is 28.6. The summed E-state index contributed by atoms with van der Waals surface area (Å²) in [6, 6.07) is 8.44. The zero-order valence-corrected chi connectivity index (χ0v) is 18.1. The van der Waals surface area contributed by atoms with E-state index in [4.69, 9.17) is 18.9 Å². The van der Waals surface area contributed by atoms with Crippen molar-refractivity contribution in [1.29, 1.82) is 0 Å². The molecule has 2 rings (SSSR count). The maximum absolute atomic E-state index is 12.4. The van der Waals surface area contributed by atoms with Gasteiger partial charge in [0.2, 0.25) is 11.8 Å².